The summed E-state index contributed by atoms with van der Waals surface area (Å²) in [6, 6.07) is 2.55. The Morgan fingerprint density at radius 1 is 1.38 bits per heavy atom. The van der Waals surface area contributed by atoms with Gasteiger partial charge in [-0.3, -0.25) is 9.69 Å². The molecule has 1 aliphatic heterocycles. The molecule has 0 saturated heterocycles. The number of nitrogens with zero attached hydrogens (tertiary/aromatic N) is 2. The third-order valence-corrected chi connectivity index (χ3v) is 10.3. The fourth-order valence-corrected chi connectivity index (χ4v) is 4.03. The minimum absolute atomic E-state index is 0.0314. The number of carboxylic acid groups (broad SMARTS) is 1. The Balaban J connectivity index is 2.30. The lowest BCUT2D eigenvalue weighted by atomic mass is 10.1. The zero-order valence-electron chi connectivity index (χ0n) is 15.6. The lowest BCUT2D eigenvalue weighted by molar-refractivity contribution is -0.117. The summed E-state index contributed by atoms with van der Waals surface area (Å²) in [6.07, 6.45) is -1.25. The van der Waals surface area contributed by atoms with Crippen LogP contribution in [0.1, 0.15) is 20.8 Å². The molecule has 0 radical (unpaired) electrons. The van der Waals surface area contributed by atoms with Gasteiger partial charge in [-0.2, -0.15) is 0 Å². The first kappa shape index (κ1) is 20.9. The number of amides is 2. The van der Waals surface area contributed by atoms with Crippen LogP contribution in [0.2, 0.25) is 18.1 Å². The first-order valence-electron chi connectivity index (χ1n) is 8.29. The number of hydrogen-bond acceptors (Lipinski definition) is 3. The second-order valence-corrected chi connectivity index (χ2v) is 13.4. The average molecular weight is 447 g/mol. The highest BCUT2D eigenvalue weighted by Crippen LogP contribution is 2.41. The molecule has 1 aliphatic rings. The predicted molar refractivity (Wildman–Crippen MR) is 105 cm³/mol. The summed E-state index contributed by atoms with van der Waals surface area (Å²) in [5.41, 5.74) is 0.500. The van der Waals surface area contributed by atoms with Crippen molar-refractivity contribution in [2.45, 2.75) is 38.9 Å². The van der Waals surface area contributed by atoms with Crippen molar-refractivity contribution in [1.29, 1.82) is 0 Å². The molecule has 1 aromatic carbocycles. The Morgan fingerprint density at radius 2 is 2.00 bits per heavy atom. The van der Waals surface area contributed by atoms with Gasteiger partial charge in [-0.15, -0.1) is 0 Å². The number of carbonyl (C=O) groups excluding carboxylic acids is 1. The molecule has 0 atom stereocenters. The summed E-state index contributed by atoms with van der Waals surface area (Å²) < 4.78 is 20.2. The summed E-state index contributed by atoms with van der Waals surface area (Å²) in [7, 11) is -1.99. The monoisotopic (exact) mass is 446 g/mol. The Bertz CT molecular complexity index is 736. The molecule has 1 heterocycles. The maximum absolute atomic E-state index is 14.0. The van der Waals surface area contributed by atoms with Gasteiger partial charge in [0.1, 0.15) is 12.4 Å². The van der Waals surface area contributed by atoms with E-state index in [1.807, 2.05) is 0 Å². The molecule has 1 N–H and O–H groups in total. The van der Waals surface area contributed by atoms with Gasteiger partial charge >= 0.3 is 6.09 Å². The van der Waals surface area contributed by atoms with Crippen LogP contribution in [0.15, 0.2) is 16.6 Å². The standard InChI is InChI=1S/C17H24BrFN2O4Si/c1-17(2,3)26(4,5)25-9-8-20-13(22)10-21(16(23)24)12-7-6-11(19)14(18)15(12)20/h6-7H,8-10H2,1-5H3,(H,23,24). The van der Waals surface area contributed by atoms with Gasteiger partial charge in [0.2, 0.25) is 5.91 Å². The Labute approximate surface area is 162 Å². The Hall–Kier alpha value is -1.45. The van der Waals surface area contributed by atoms with E-state index >= 15 is 0 Å². The fourth-order valence-electron chi connectivity index (χ4n) is 2.45. The van der Waals surface area contributed by atoms with Gasteiger partial charge in [0.05, 0.1) is 22.5 Å². The maximum atomic E-state index is 14.0. The normalized spacial score (nSPS) is 15.3. The van der Waals surface area contributed by atoms with Crippen molar-refractivity contribution < 1.29 is 23.5 Å². The van der Waals surface area contributed by atoms with Crippen LogP contribution < -0.4 is 9.80 Å². The van der Waals surface area contributed by atoms with Crippen LogP contribution in [-0.2, 0) is 9.22 Å². The van der Waals surface area contributed by atoms with Crippen LogP contribution in [-0.4, -0.2) is 45.1 Å². The van der Waals surface area contributed by atoms with E-state index in [0.29, 0.717) is 6.61 Å². The summed E-state index contributed by atoms with van der Waals surface area (Å²) in [5, 5.41) is 9.38. The highest BCUT2D eigenvalue weighted by atomic mass is 79.9. The third-order valence-electron chi connectivity index (χ3n) is 5.02. The van der Waals surface area contributed by atoms with Crippen LogP contribution in [0.4, 0.5) is 20.6 Å². The Kier molecular flexibility index (Phi) is 5.84. The summed E-state index contributed by atoms with van der Waals surface area (Å²) in [6.45, 7) is 10.8. The van der Waals surface area contributed by atoms with Crippen LogP contribution >= 0.6 is 15.9 Å². The number of anilines is 2. The molecule has 26 heavy (non-hydrogen) atoms. The molecule has 144 valence electrons. The van der Waals surface area contributed by atoms with Crippen LogP contribution in [0.3, 0.4) is 0 Å². The lowest BCUT2D eigenvalue weighted by Gasteiger charge is -2.38. The molecule has 0 aliphatic carbocycles. The van der Waals surface area contributed by atoms with Crippen molar-refractivity contribution >= 4 is 47.6 Å². The summed E-state index contributed by atoms with van der Waals surface area (Å²) >= 11 is 3.15. The van der Waals surface area contributed by atoms with Gasteiger partial charge in [-0.1, -0.05) is 20.8 Å². The molecule has 9 heteroatoms. The molecule has 2 rings (SSSR count). The zero-order chi connectivity index (χ0) is 19.9. The first-order valence-corrected chi connectivity index (χ1v) is 12.0. The van der Waals surface area contributed by atoms with Crippen molar-refractivity contribution in [3.05, 3.63) is 22.4 Å². The van der Waals surface area contributed by atoms with Gasteiger partial charge in [0, 0.05) is 6.54 Å². The molecular weight excluding hydrogens is 423 g/mol. The van der Waals surface area contributed by atoms with Gasteiger partial charge in [-0.05, 0) is 46.2 Å². The number of rotatable bonds is 4. The molecule has 6 nitrogen and oxygen atoms in total. The largest absolute Gasteiger partial charge is 0.465 e. The molecule has 1 aromatic rings. The van der Waals surface area contributed by atoms with E-state index < -0.39 is 26.1 Å². The predicted octanol–water partition coefficient (Wildman–Crippen LogP) is 4.44. The molecule has 0 fully saturated rings. The molecule has 0 aromatic heterocycles. The highest BCUT2D eigenvalue weighted by Gasteiger charge is 2.38. The topological polar surface area (TPSA) is 70.1 Å². The van der Waals surface area contributed by atoms with Gasteiger partial charge in [0.25, 0.3) is 0 Å². The SMILES string of the molecule is CC(C)(C)[Si](C)(C)OCCN1C(=O)CN(C(=O)O)c2ccc(F)c(Br)c21. The van der Waals surface area contributed by atoms with E-state index in [-0.39, 0.29) is 34.0 Å². The molecular formula is C17H24BrFN2O4Si. The van der Waals surface area contributed by atoms with E-state index in [2.05, 4.69) is 49.8 Å². The summed E-state index contributed by atoms with van der Waals surface area (Å²) in [5.74, 6) is -0.968. The Morgan fingerprint density at radius 3 is 2.54 bits per heavy atom. The molecule has 0 bridgehead atoms. The minimum atomic E-state index is -1.99. The third kappa shape index (κ3) is 3.94. The zero-order valence-corrected chi connectivity index (χ0v) is 18.2. The minimum Gasteiger partial charge on any atom is -0.465 e. The van der Waals surface area contributed by atoms with Gasteiger partial charge in [-0.25, -0.2) is 9.18 Å². The number of hydrogen-bond donors (Lipinski definition) is 1. The van der Waals surface area contributed by atoms with Gasteiger partial charge in [0.15, 0.2) is 8.32 Å². The highest BCUT2D eigenvalue weighted by molar-refractivity contribution is 9.10. The van der Waals surface area contributed by atoms with Crippen molar-refractivity contribution in [3.8, 4) is 0 Å². The van der Waals surface area contributed by atoms with Crippen molar-refractivity contribution in [2.24, 2.45) is 0 Å². The molecule has 0 saturated carbocycles. The van der Waals surface area contributed by atoms with E-state index in [0.717, 1.165) is 4.90 Å². The van der Waals surface area contributed by atoms with Crippen LogP contribution in [0.25, 0.3) is 0 Å². The van der Waals surface area contributed by atoms with E-state index in [9.17, 15) is 19.1 Å². The van der Waals surface area contributed by atoms with Crippen molar-refractivity contribution in [3.63, 3.8) is 0 Å². The quantitative estimate of drug-likeness (QED) is 0.693. The number of carbonyl (C=O) groups is 2. The number of fused-ring (bicyclic) bond motifs is 1. The van der Waals surface area contributed by atoms with Gasteiger partial charge < -0.3 is 14.4 Å². The second kappa shape index (κ2) is 7.28. The molecule has 0 spiro atoms. The van der Waals surface area contributed by atoms with Crippen LogP contribution in [0, 0.1) is 5.82 Å². The van der Waals surface area contributed by atoms with E-state index in [1.54, 1.807) is 0 Å². The lowest BCUT2D eigenvalue weighted by Crippen LogP contribution is -2.50. The van der Waals surface area contributed by atoms with Crippen molar-refractivity contribution in [2.75, 3.05) is 29.5 Å². The molecule has 2 amide bonds. The average Bonchev–Trinajstić information content (AvgIpc) is 2.51. The smallest absolute Gasteiger partial charge is 0.412 e. The second-order valence-electron chi connectivity index (χ2n) is 7.75. The fraction of sp³-hybridized carbons (Fsp3) is 0.529. The number of benzene rings is 1. The number of halogens is 2. The first-order chi connectivity index (χ1) is 11.9. The van der Waals surface area contributed by atoms with Crippen molar-refractivity contribution in [1.82, 2.24) is 0 Å². The van der Waals surface area contributed by atoms with E-state index in [4.69, 9.17) is 4.43 Å². The summed E-state index contributed by atoms with van der Waals surface area (Å²) in [4.78, 5) is 26.3. The van der Waals surface area contributed by atoms with E-state index in [1.165, 1.54) is 17.0 Å². The maximum Gasteiger partial charge on any atom is 0.412 e. The van der Waals surface area contributed by atoms with Crippen LogP contribution in [0.5, 0.6) is 0 Å². The molecule has 0 unspecified atom stereocenters.